The molecule has 0 fully saturated rings. The topological polar surface area (TPSA) is 38.3 Å². The van der Waals surface area contributed by atoms with E-state index >= 15 is 0 Å². The summed E-state index contributed by atoms with van der Waals surface area (Å²) >= 11 is 0. The number of methoxy groups -OCH3 is 1. The third kappa shape index (κ3) is 3.55. The number of nitrogens with one attached hydrogen (secondary N) is 1. The van der Waals surface area contributed by atoms with Crippen molar-refractivity contribution in [3.63, 3.8) is 0 Å². The van der Waals surface area contributed by atoms with Crippen molar-refractivity contribution in [1.29, 1.82) is 0 Å². The lowest BCUT2D eigenvalue weighted by molar-refractivity contribution is 0.102. The summed E-state index contributed by atoms with van der Waals surface area (Å²) in [4.78, 5) is 12.5. The average molecular weight is 295 g/mol. The molecule has 0 spiro atoms. The highest BCUT2D eigenvalue weighted by molar-refractivity contribution is 6.04. The fraction of sp³-hybridized carbons (Fsp3) is 0.211. The van der Waals surface area contributed by atoms with Gasteiger partial charge in [0.1, 0.15) is 5.75 Å². The van der Waals surface area contributed by atoms with Gasteiger partial charge in [-0.3, -0.25) is 4.79 Å². The van der Waals surface area contributed by atoms with E-state index in [0.717, 1.165) is 28.1 Å². The second-order valence-electron chi connectivity index (χ2n) is 5.29. The highest BCUT2D eigenvalue weighted by Gasteiger charge is 2.11. The highest BCUT2D eigenvalue weighted by Crippen LogP contribution is 2.22. The van der Waals surface area contributed by atoms with Gasteiger partial charge >= 0.3 is 0 Å². The van der Waals surface area contributed by atoms with E-state index in [4.69, 9.17) is 4.74 Å². The number of hydrogen-bond acceptors (Lipinski definition) is 2. The minimum absolute atomic E-state index is 0.123. The number of allylic oxidation sites excluding steroid dienone is 1. The molecule has 0 bridgehead atoms. The SMILES string of the molecule is C=CCc1cc(C(=O)Nc2cc(C)ccc2C)ccc1OC. The van der Waals surface area contributed by atoms with E-state index in [2.05, 4.69) is 11.9 Å². The first-order chi connectivity index (χ1) is 10.5. The molecule has 0 saturated heterocycles. The molecule has 0 aliphatic rings. The van der Waals surface area contributed by atoms with E-state index in [1.165, 1.54) is 0 Å². The van der Waals surface area contributed by atoms with E-state index in [9.17, 15) is 4.79 Å². The number of carbonyl (C=O) groups excluding carboxylic acids is 1. The van der Waals surface area contributed by atoms with Gasteiger partial charge in [0.2, 0.25) is 0 Å². The number of rotatable bonds is 5. The Hall–Kier alpha value is -2.55. The maximum absolute atomic E-state index is 12.5. The number of hydrogen-bond donors (Lipinski definition) is 1. The van der Waals surface area contributed by atoms with Crippen LogP contribution in [0.5, 0.6) is 5.75 Å². The van der Waals surface area contributed by atoms with Gasteiger partial charge in [0.15, 0.2) is 0 Å². The molecule has 0 unspecified atom stereocenters. The van der Waals surface area contributed by atoms with Crippen LogP contribution in [-0.2, 0) is 6.42 Å². The summed E-state index contributed by atoms with van der Waals surface area (Å²) in [7, 11) is 1.62. The highest BCUT2D eigenvalue weighted by atomic mass is 16.5. The van der Waals surface area contributed by atoms with Crippen LogP contribution in [0, 0.1) is 13.8 Å². The number of aryl methyl sites for hydroxylation is 2. The van der Waals surface area contributed by atoms with Crippen LogP contribution in [0.1, 0.15) is 27.0 Å². The molecule has 0 atom stereocenters. The van der Waals surface area contributed by atoms with Gasteiger partial charge in [0.05, 0.1) is 7.11 Å². The quantitative estimate of drug-likeness (QED) is 0.835. The van der Waals surface area contributed by atoms with E-state index in [-0.39, 0.29) is 5.91 Å². The predicted octanol–water partition coefficient (Wildman–Crippen LogP) is 4.29. The smallest absolute Gasteiger partial charge is 0.255 e. The summed E-state index contributed by atoms with van der Waals surface area (Å²) in [6.07, 6.45) is 2.46. The largest absolute Gasteiger partial charge is 0.496 e. The number of anilines is 1. The third-order valence-corrected chi connectivity index (χ3v) is 3.55. The van der Waals surface area contributed by atoms with E-state index in [1.807, 2.05) is 44.2 Å². The Balaban J connectivity index is 2.27. The molecule has 114 valence electrons. The summed E-state index contributed by atoms with van der Waals surface area (Å²) < 4.78 is 5.31. The molecule has 0 aliphatic carbocycles. The molecule has 0 aliphatic heterocycles. The molecule has 3 heteroatoms. The van der Waals surface area contributed by atoms with Crippen LogP contribution < -0.4 is 10.1 Å². The third-order valence-electron chi connectivity index (χ3n) is 3.55. The van der Waals surface area contributed by atoms with Crippen LogP contribution in [0.4, 0.5) is 5.69 Å². The van der Waals surface area contributed by atoms with Gasteiger partial charge in [0, 0.05) is 11.3 Å². The van der Waals surface area contributed by atoms with Crippen molar-refractivity contribution in [3.8, 4) is 5.75 Å². The lowest BCUT2D eigenvalue weighted by atomic mass is 10.1. The van der Waals surface area contributed by atoms with Crippen LogP contribution in [-0.4, -0.2) is 13.0 Å². The first kappa shape index (κ1) is 15.8. The summed E-state index contributed by atoms with van der Waals surface area (Å²) in [5.41, 5.74) is 4.55. The molecule has 2 aromatic carbocycles. The summed E-state index contributed by atoms with van der Waals surface area (Å²) in [5, 5.41) is 2.97. The minimum Gasteiger partial charge on any atom is -0.496 e. The van der Waals surface area contributed by atoms with Crippen molar-refractivity contribution in [2.75, 3.05) is 12.4 Å². The van der Waals surface area contributed by atoms with Crippen LogP contribution in [0.25, 0.3) is 0 Å². The monoisotopic (exact) mass is 295 g/mol. The second kappa shape index (κ2) is 6.94. The van der Waals surface area contributed by atoms with Crippen molar-refractivity contribution in [1.82, 2.24) is 0 Å². The molecule has 1 N–H and O–H groups in total. The van der Waals surface area contributed by atoms with E-state index in [1.54, 1.807) is 19.3 Å². The van der Waals surface area contributed by atoms with Crippen LogP contribution >= 0.6 is 0 Å². The Morgan fingerprint density at radius 2 is 2.00 bits per heavy atom. The van der Waals surface area contributed by atoms with Crippen molar-refractivity contribution in [2.45, 2.75) is 20.3 Å². The minimum atomic E-state index is -0.123. The molecule has 0 aromatic heterocycles. The number of ether oxygens (including phenoxy) is 1. The van der Waals surface area contributed by atoms with Crippen LogP contribution in [0.2, 0.25) is 0 Å². The summed E-state index contributed by atoms with van der Waals surface area (Å²) in [6, 6.07) is 11.4. The lowest BCUT2D eigenvalue weighted by Crippen LogP contribution is -2.13. The van der Waals surface area contributed by atoms with Crippen molar-refractivity contribution in [3.05, 3.63) is 71.3 Å². The molecular formula is C19H21NO2. The zero-order valence-electron chi connectivity index (χ0n) is 13.3. The molecular weight excluding hydrogens is 274 g/mol. The molecule has 0 radical (unpaired) electrons. The Kier molecular flexibility index (Phi) is 4.99. The predicted molar refractivity (Wildman–Crippen MR) is 90.8 cm³/mol. The van der Waals surface area contributed by atoms with Crippen LogP contribution in [0.3, 0.4) is 0 Å². The van der Waals surface area contributed by atoms with Crippen molar-refractivity contribution in [2.24, 2.45) is 0 Å². The first-order valence-electron chi connectivity index (χ1n) is 7.21. The maximum Gasteiger partial charge on any atom is 0.255 e. The Bertz CT molecular complexity index is 705. The summed E-state index contributed by atoms with van der Waals surface area (Å²) in [5.74, 6) is 0.643. The van der Waals surface area contributed by atoms with Gasteiger partial charge in [-0.05, 0) is 61.2 Å². The summed E-state index contributed by atoms with van der Waals surface area (Å²) in [6.45, 7) is 7.72. The number of carbonyl (C=O) groups is 1. The zero-order valence-corrected chi connectivity index (χ0v) is 13.3. The van der Waals surface area contributed by atoms with Crippen LogP contribution in [0.15, 0.2) is 49.1 Å². The zero-order chi connectivity index (χ0) is 16.1. The van der Waals surface area contributed by atoms with Gasteiger partial charge in [0.25, 0.3) is 5.91 Å². The second-order valence-corrected chi connectivity index (χ2v) is 5.29. The maximum atomic E-state index is 12.5. The molecule has 22 heavy (non-hydrogen) atoms. The fourth-order valence-electron chi connectivity index (χ4n) is 2.30. The fourth-order valence-corrected chi connectivity index (χ4v) is 2.30. The number of amides is 1. The lowest BCUT2D eigenvalue weighted by Gasteiger charge is -2.12. The van der Waals surface area contributed by atoms with Crippen molar-refractivity contribution < 1.29 is 9.53 Å². The van der Waals surface area contributed by atoms with Gasteiger partial charge in [-0.2, -0.15) is 0 Å². The Morgan fingerprint density at radius 1 is 1.23 bits per heavy atom. The van der Waals surface area contributed by atoms with E-state index < -0.39 is 0 Å². The number of benzene rings is 2. The Morgan fingerprint density at radius 3 is 2.68 bits per heavy atom. The molecule has 1 amide bonds. The standard InChI is InChI=1S/C19H21NO2/c1-5-6-15-12-16(9-10-18(15)22-4)19(21)20-17-11-13(2)7-8-14(17)3/h5,7-12H,1,6H2,2-4H3,(H,20,21). The Labute approximate surface area is 131 Å². The van der Waals surface area contributed by atoms with Gasteiger partial charge in [-0.15, -0.1) is 6.58 Å². The average Bonchev–Trinajstić information content (AvgIpc) is 2.51. The van der Waals surface area contributed by atoms with E-state index in [0.29, 0.717) is 12.0 Å². The molecule has 2 rings (SSSR count). The van der Waals surface area contributed by atoms with Gasteiger partial charge in [-0.25, -0.2) is 0 Å². The van der Waals surface area contributed by atoms with Crippen molar-refractivity contribution >= 4 is 11.6 Å². The molecule has 3 nitrogen and oxygen atoms in total. The van der Waals surface area contributed by atoms with Gasteiger partial charge in [-0.1, -0.05) is 18.2 Å². The molecule has 0 saturated carbocycles. The van der Waals surface area contributed by atoms with Gasteiger partial charge < -0.3 is 10.1 Å². The normalized spacial score (nSPS) is 10.1. The molecule has 0 heterocycles. The first-order valence-corrected chi connectivity index (χ1v) is 7.21. The molecule has 2 aromatic rings.